The fourth-order valence-electron chi connectivity index (χ4n) is 3.52. The first-order valence-corrected chi connectivity index (χ1v) is 11.9. The Morgan fingerprint density at radius 1 is 0.872 bits per heavy atom. The van der Waals surface area contributed by atoms with Crippen molar-refractivity contribution in [2.75, 3.05) is 0 Å². The first-order chi connectivity index (χ1) is 18.5. The molecule has 0 aliphatic rings. The molecule has 0 radical (unpaired) electrons. The molecule has 0 saturated carbocycles. The molecule has 10 N–H and O–H groups in total. The average Bonchev–Trinajstić information content (AvgIpc) is 3.39. The van der Waals surface area contributed by atoms with E-state index in [-0.39, 0.29) is 19.3 Å². The molecule has 0 saturated heterocycles. The zero-order chi connectivity index (χ0) is 28.9. The van der Waals surface area contributed by atoms with Crippen LogP contribution in [0.25, 0.3) is 0 Å². The number of carboxylic acids is 2. The lowest BCUT2D eigenvalue weighted by atomic mass is 10.0. The molecule has 4 amide bonds. The van der Waals surface area contributed by atoms with Gasteiger partial charge in [0, 0.05) is 31.2 Å². The number of nitrogens with one attached hydrogen (secondary N) is 4. The van der Waals surface area contributed by atoms with Gasteiger partial charge in [-0.1, -0.05) is 30.3 Å². The molecule has 0 spiro atoms. The van der Waals surface area contributed by atoms with Crippen LogP contribution in [0.2, 0.25) is 0 Å². The molecule has 2 rings (SSSR count). The number of carbonyl (C=O) groups is 6. The van der Waals surface area contributed by atoms with Gasteiger partial charge in [0.05, 0.1) is 18.8 Å². The summed E-state index contributed by atoms with van der Waals surface area (Å²) in [6.07, 6.45) is 1.34. The summed E-state index contributed by atoms with van der Waals surface area (Å²) >= 11 is 0. The molecule has 1 aromatic carbocycles. The number of aromatic amines is 1. The van der Waals surface area contributed by atoms with Crippen molar-refractivity contribution in [2.24, 2.45) is 11.5 Å². The van der Waals surface area contributed by atoms with Crippen molar-refractivity contribution in [3.63, 3.8) is 0 Å². The van der Waals surface area contributed by atoms with Gasteiger partial charge in [0.25, 0.3) is 0 Å². The minimum atomic E-state index is -1.53. The normalized spacial score (nSPS) is 13.8. The fourth-order valence-corrected chi connectivity index (χ4v) is 3.52. The van der Waals surface area contributed by atoms with Crippen LogP contribution in [0.3, 0.4) is 0 Å². The number of rotatable bonds is 16. The highest BCUT2D eigenvalue weighted by atomic mass is 16.4. The van der Waals surface area contributed by atoms with Gasteiger partial charge in [0.2, 0.25) is 23.6 Å². The number of amides is 4. The SMILES string of the molecule is NC(=O)CC(NC(=O)C(N)CCC(=O)O)C(=O)NC(Cc1ccccc1)C(=O)NC(Cc1cnc[nH]1)C(=O)O. The summed E-state index contributed by atoms with van der Waals surface area (Å²) in [5.41, 5.74) is 12.0. The number of hydrogen-bond acceptors (Lipinski definition) is 8. The van der Waals surface area contributed by atoms with Gasteiger partial charge in [-0.2, -0.15) is 0 Å². The summed E-state index contributed by atoms with van der Waals surface area (Å²) in [6.45, 7) is 0. The second-order valence-corrected chi connectivity index (χ2v) is 8.70. The van der Waals surface area contributed by atoms with Crippen LogP contribution < -0.4 is 27.4 Å². The van der Waals surface area contributed by atoms with Gasteiger partial charge in [-0.3, -0.25) is 24.0 Å². The van der Waals surface area contributed by atoms with Gasteiger partial charge in [-0.05, 0) is 12.0 Å². The minimum absolute atomic E-state index is 0.0514. The highest BCUT2D eigenvalue weighted by Gasteiger charge is 2.31. The van der Waals surface area contributed by atoms with Crippen molar-refractivity contribution in [3.8, 4) is 0 Å². The van der Waals surface area contributed by atoms with Gasteiger partial charge < -0.3 is 42.6 Å². The number of nitrogens with two attached hydrogens (primary N) is 2. The molecular weight excluding hydrogens is 514 g/mol. The number of benzene rings is 1. The van der Waals surface area contributed by atoms with Crippen LogP contribution in [0, 0.1) is 0 Å². The third-order valence-corrected chi connectivity index (χ3v) is 5.55. The van der Waals surface area contributed by atoms with Crippen molar-refractivity contribution >= 4 is 35.6 Å². The van der Waals surface area contributed by atoms with Crippen LogP contribution in [0.15, 0.2) is 42.9 Å². The smallest absolute Gasteiger partial charge is 0.326 e. The second-order valence-electron chi connectivity index (χ2n) is 8.70. The molecule has 15 heteroatoms. The summed E-state index contributed by atoms with van der Waals surface area (Å²) in [5.74, 6) is -6.12. The number of carboxylic acid groups (broad SMARTS) is 2. The minimum Gasteiger partial charge on any atom is -0.481 e. The Morgan fingerprint density at radius 3 is 2.05 bits per heavy atom. The maximum Gasteiger partial charge on any atom is 0.326 e. The molecule has 0 aliphatic carbocycles. The van der Waals surface area contributed by atoms with Gasteiger partial charge in [0.1, 0.15) is 18.1 Å². The van der Waals surface area contributed by atoms with E-state index in [1.807, 2.05) is 0 Å². The van der Waals surface area contributed by atoms with Crippen LogP contribution in [0.4, 0.5) is 0 Å². The Balaban J connectivity index is 2.21. The van der Waals surface area contributed by atoms with E-state index in [0.29, 0.717) is 11.3 Å². The van der Waals surface area contributed by atoms with E-state index in [0.717, 1.165) is 0 Å². The molecule has 210 valence electrons. The standard InChI is InChI=1S/C24H31N7O8/c25-15(6-7-20(33)34)21(35)29-17(10-19(26)32)23(37)30-16(8-13-4-2-1-3-5-13)22(36)31-18(24(38)39)9-14-11-27-12-28-14/h1-5,11-12,15-18H,6-10,25H2,(H2,26,32)(H,27,28)(H,29,35)(H,30,37)(H,31,36)(H,33,34)(H,38,39). The van der Waals surface area contributed by atoms with Gasteiger partial charge in [0.15, 0.2) is 0 Å². The molecular formula is C24H31N7O8. The molecule has 4 atom stereocenters. The van der Waals surface area contributed by atoms with Crippen LogP contribution in [-0.4, -0.2) is 79.9 Å². The van der Waals surface area contributed by atoms with E-state index < -0.39 is 72.6 Å². The Hall–Kier alpha value is -4.79. The summed E-state index contributed by atoms with van der Waals surface area (Å²) in [5, 5.41) is 25.5. The maximum atomic E-state index is 13.2. The zero-order valence-electron chi connectivity index (χ0n) is 20.8. The molecule has 0 fully saturated rings. The largest absolute Gasteiger partial charge is 0.481 e. The van der Waals surface area contributed by atoms with E-state index in [9.17, 15) is 33.9 Å². The molecule has 1 heterocycles. The molecule has 0 aliphatic heterocycles. The monoisotopic (exact) mass is 545 g/mol. The zero-order valence-corrected chi connectivity index (χ0v) is 20.8. The predicted molar refractivity (Wildman–Crippen MR) is 135 cm³/mol. The van der Waals surface area contributed by atoms with Crippen molar-refractivity contribution in [1.29, 1.82) is 0 Å². The van der Waals surface area contributed by atoms with Gasteiger partial charge >= 0.3 is 11.9 Å². The quantitative estimate of drug-likeness (QED) is 0.113. The van der Waals surface area contributed by atoms with E-state index in [1.54, 1.807) is 30.3 Å². The Kier molecular flexibility index (Phi) is 11.6. The third kappa shape index (κ3) is 10.6. The first-order valence-electron chi connectivity index (χ1n) is 11.9. The van der Waals surface area contributed by atoms with Crippen molar-refractivity contribution in [1.82, 2.24) is 25.9 Å². The molecule has 39 heavy (non-hydrogen) atoms. The molecule has 15 nitrogen and oxygen atoms in total. The molecule has 4 unspecified atom stereocenters. The summed E-state index contributed by atoms with van der Waals surface area (Å²) < 4.78 is 0. The van der Waals surface area contributed by atoms with Crippen molar-refractivity contribution in [2.45, 2.75) is 56.3 Å². The Labute approximate surface area is 222 Å². The van der Waals surface area contributed by atoms with E-state index in [4.69, 9.17) is 16.6 Å². The van der Waals surface area contributed by atoms with Crippen LogP contribution in [0.5, 0.6) is 0 Å². The number of aliphatic carboxylic acids is 2. The first kappa shape index (κ1) is 30.4. The lowest BCUT2D eigenvalue weighted by Gasteiger charge is -2.25. The highest BCUT2D eigenvalue weighted by molar-refractivity contribution is 5.96. The number of nitrogens with zero attached hydrogens (tertiary/aromatic N) is 1. The average molecular weight is 546 g/mol. The molecule has 1 aromatic heterocycles. The number of primary amides is 1. The second kappa shape index (κ2) is 14.8. The lowest BCUT2D eigenvalue weighted by Crippen LogP contribution is -2.58. The van der Waals surface area contributed by atoms with E-state index >= 15 is 0 Å². The number of imidazole rings is 1. The van der Waals surface area contributed by atoms with Gasteiger partial charge in [-0.15, -0.1) is 0 Å². The maximum absolute atomic E-state index is 13.2. The van der Waals surface area contributed by atoms with Crippen LogP contribution in [0.1, 0.15) is 30.5 Å². The summed E-state index contributed by atoms with van der Waals surface area (Å²) in [7, 11) is 0. The predicted octanol–water partition coefficient (Wildman–Crippen LogP) is -2.20. The van der Waals surface area contributed by atoms with Crippen LogP contribution >= 0.6 is 0 Å². The summed E-state index contributed by atoms with van der Waals surface area (Å²) in [4.78, 5) is 79.4. The number of H-pyrrole nitrogens is 1. The van der Waals surface area contributed by atoms with Crippen LogP contribution in [-0.2, 0) is 41.6 Å². The van der Waals surface area contributed by atoms with E-state index in [1.165, 1.54) is 12.5 Å². The highest BCUT2D eigenvalue weighted by Crippen LogP contribution is 2.07. The topological polar surface area (TPSA) is 260 Å². The van der Waals surface area contributed by atoms with Gasteiger partial charge in [-0.25, -0.2) is 9.78 Å². The van der Waals surface area contributed by atoms with E-state index in [2.05, 4.69) is 25.9 Å². The number of aromatic nitrogens is 2. The van der Waals surface area contributed by atoms with Crippen molar-refractivity contribution < 1.29 is 39.0 Å². The Morgan fingerprint density at radius 2 is 1.49 bits per heavy atom. The lowest BCUT2D eigenvalue weighted by molar-refractivity contribution is -0.142. The molecule has 0 bridgehead atoms. The van der Waals surface area contributed by atoms with Crippen molar-refractivity contribution in [3.05, 3.63) is 54.1 Å². The number of carbonyl (C=O) groups excluding carboxylic acids is 4. The number of hydrogen-bond donors (Lipinski definition) is 8. The fraction of sp³-hybridized carbons (Fsp3) is 0.375. The third-order valence-electron chi connectivity index (χ3n) is 5.55. The summed E-state index contributed by atoms with van der Waals surface area (Å²) in [6, 6.07) is 3.05. The Bertz CT molecular complexity index is 1160. The molecule has 2 aromatic rings.